The first-order valence-corrected chi connectivity index (χ1v) is 8.64. The van der Waals surface area contributed by atoms with Gasteiger partial charge >= 0.3 is 6.03 Å². The van der Waals surface area contributed by atoms with Crippen molar-refractivity contribution in [2.45, 2.75) is 45.6 Å². The number of carbonyl (C=O) groups is 1. The van der Waals surface area contributed by atoms with Crippen molar-refractivity contribution in [2.75, 3.05) is 11.9 Å². The van der Waals surface area contributed by atoms with E-state index in [9.17, 15) is 4.79 Å². The standard InChI is InChI=1S/C18H22ClN3O2/c1-11(2)17-10-15(21-24-17)16-5-4-8-22(16)18(23)20-14-7-6-12(3)9-13(14)19/h6-7,9-11,16H,4-5,8H2,1-3H3,(H,20,23). The monoisotopic (exact) mass is 347 g/mol. The van der Waals surface area contributed by atoms with Gasteiger partial charge in [0.1, 0.15) is 11.5 Å². The van der Waals surface area contributed by atoms with Crippen LogP contribution in [0.1, 0.15) is 55.7 Å². The fourth-order valence-electron chi connectivity index (χ4n) is 2.96. The zero-order chi connectivity index (χ0) is 17.3. The number of urea groups is 1. The van der Waals surface area contributed by atoms with Crippen molar-refractivity contribution in [3.63, 3.8) is 0 Å². The minimum Gasteiger partial charge on any atom is -0.361 e. The number of anilines is 1. The highest BCUT2D eigenvalue weighted by molar-refractivity contribution is 6.33. The molecule has 128 valence electrons. The van der Waals surface area contributed by atoms with Crippen LogP contribution in [0.15, 0.2) is 28.8 Å². The molecule has 0 bridgehead atoms. The number of nitrogens with zero attached hydrogens (tertiary/aromatic N) is 2. The largest absolute Gasteiger partial charge is 0.361 e. The fourth-order valence-corrected chi connectivity index (χ4v) is 3.24. The molecule has 1 unspecified atom stereocenters. The molecule has 0 radical (unpaired) electrons. The van der Waals surface area contributed by atoms with Gasteiger partial charge in [0.05, 0.1) is 16.8 Å². The lowest BCUT2D eigenvalue weighted by atomic mass is 10.1. The minimum atomic E-state index is -0.155. The predicted octanol–water partition coefficient (Wildman–Crippen LogP) is 5.13. The quantitative estimate of drug-likeness (QED) is 0.837. The number of nitrogens with one attached hydrogen (secondary N) is 1. The van der Waals surface area contributed by atoms with Crippen molar-refractivity contribution < 1.29 is 9.32 Å². The van der Waals surface area contributed by atoms with Crippen molar-refractivity contribution in [1.29, 1.82) is 0 Å². The molecule has 2 aromatic rings. The van der Waals surface area contributed by atoms with E-state index in [0.717, 1.165) is 29.9 Å². The minimum absolute atomic E-state index is 0.0505. The number of hydrogen-bond acceptors (Lipinski definition) is 3. The smallest absolute Gasteiger partial charge is 0.322 e. The van der Waals surface area contributed by atoms with Crippen molar-refractivity contribution >= 4 is 23.3 Å². The van der Waals surface area contributed by atoms with Crippen LogP contribution in [0.2, 0.25) is 5.02 Å². The van der Waals surface area contributed by atoms with Crippen LogP contribution in [0.5, 0.6) is 0 Å². The van der Waals surface area contributed by atoms with E-state index in [1.54, 1.807) is 4.90 Å². The number of aromatic nitrogens is 1. The van der Waals surface area contributed by atoms with Gasteiger partial charge in [0, 0.05) is 18.5 Å². The average Bonchev–Trinajstić information content (AvgIpc) is 3.17. The van der Waals surface area contributed by atoms with Gasteiger partial charge in [-0.15, -0.1) is 0 Å². The molecule has 2 heterocycles. The molecule has 6 heteroatoms. The summed E-state index contributed by atoms with van der Waals surface area (Å²) < 4.78 is 5.39. The number of halogens is 1. The molecule has 0 aliphatic carbocycles. The fraction of sp³-hybridized carbons (Fsp3) is 0.444. The van der Waals surface area contributed by atoms with Crippen LogP contribution in [-0.2, 0) is 0 Å². The van der Waals surface area contributed by atoms with E-state index in [2.05, 4.69) is 24.3 Å². The maximum atomic E-state index is 12.7. The lowest BCUT2D eigenvalue weighted by molar-refractivity contribution is 0.204. The van der Waals surface area contributed by atoms with E-state index < -0.39 is 0 Å². The molecule has 1 aromatic carbocycles. The van der Waals surface area contributed by atoms with Crippen LogP contribution in [-0.4, -0.2) is 22.6 Å². The summed E-state index contributed by atoms with van der Waals surface area (Å²) >= 11 is 6.21. The normalized spacial score (nSPS) is 17.5. The Morgan fingerprint density at radius 2 is 2.21 bits per heavy atom. The molecule has 3 rings (SSSR count). The Labute approximate surface area is 147 Å². The SMILES string of the molecule is Cc1ccc(NC(=O)N2CCCC2c2cc(C(C)C)on2)c(Cl)c1. The summed E-state index contributed by atoms with van der Waals surface area (Å²) in [6.07, 6.45) is 1.84. The van der Waals surface area contributed by atoms with Crippen molar-refractivity contribution in [3.05, 3.63) is 46.3 Å². The zero-order valence-corrected chi connectivity index (χ0v) is 14.9. The van der Waals surface area contributed by atoms with Crippen LogP contribution >= 0.6 is 11.6 Å². The number of aryl methyl sites for hydroxylation is 1. The number of hydrogen-bond donors (Lipinski definition) is 1. The molecule has 0 saturated carbocycles. The van der Waals surface area contributed by atoms with Crippen LogP contribution in [0, 0.1) is 6.92 Å². The van der Waals surface area contributed by atoms with E-state index in [-0.39, 0.29) is 18.0 Å². The van der Waals surface area contributed by atoms with Crippen LogP contribution in [0.25, 0.3) is 0 Å². The van der Waals surface area contributed by atoms with Gasteiger partial charge in [0.15, 0.2) is 0 Å². The highest BCUT2D eigenvalue weighted by Crippen LogP contribution is 2.33. The van der Waals surface area contributed by atoms with Gasteiger partial charge in [-0.05, 0) is 37.5 Å². The first-order valence-electron chi connectivity index (χ1n) is 8.26. The van der Waals surface area contributed by atoms with Gasteiger partial charge in [-0.1, -0.05) is 36.7 Å². The second kappa shape index (κ2) is 6.85. The van der Waals surface area contributed by atoms with Gasteiger partial charge in [0.2, 0.25) is 0 Å². The molecule has 1 aliphatic rings. The number of carbonyl (C=O) groups excluding carboxylic acids is 1. The van der Waals surface area contributed by atoms with E-state index in [1.165, 1.54) is 0 Å². The first-order chi connectivity index (χ1) is 11.5. The Kier molecular flexibility index (Phi) is 4.81. The summed E-state index contributed by atoms with van der Waals surface area (Å²) in [7, 11) is 0. The molecule has 1 aliphatic heterocycles. The molecule has 2 amide bonds. The van der Waals surface area contributed by atoms with Gasteiger partial charge < -0.3 is 14.7 Å². The van der Waals surface area contributed by atoms with E-state index in [1.807, 2.05) is 31.2 Å². The first kappa shape index (κ1) is 16.8. The topological polar surface area (TPSA) is 58.4 Å². The van der Waals surface area contributed by atoms with Crippen molar-refractivity contribution in [1.82, 2.24) is 10.1 Å². The maximum absolute atomic E-state index is 12.7. The third-order valence-corrected chi connectivity index (χ3v) is 4.65. The summed E-state index contributed by atoms with van der Waals surface area (Å²) in [5.41, 5.74) is 2.50. The van der Waals surface area contributed by atoms with Gasteiger partial charge in [-0.3, -0.25) is 0 Å². The molecular weight excluding hydrogens is 326 g/mol. The van der Waals surface area contributed by atoms with Crippen LogP contribution in [0.4, 0.5) is 10.5 Å². The number of benzene rings is 1. The molecule has 0 spiro atoms. The molecular formula is C18H22ClN3O2. The Balaban J connectivity index is 1.75. The lowest BCUT2D eigenvalue weighted by Crippen LogP contribution is -2.34. The second-order valence-corrected chi connectivity index (χ2v) is 6.98. The van der Waals surface area contributed by atoms with Crippen LogP contribution < -0.4 is 5.32 Å². The zero-order valence-electron chi connectivity index (χ0n) is 14.2. The molecule has 1 N–H and O–H groups in total. The van der Waals surface area contributed by atoms with E-state index in [0.29, 0.717) is 17.3 Å². The Morgan fingerprint density at radius 1 is 1.42 bits per heavy atom. The number of amides is 2. The van der Waals surface area contributed by atoms with Gasteiger partial charge in [-0.25, -0.2) is 4.79 Å². The third-order valence-electron chi connectivity index (χ3n) is 4.34. The molecule has 1 atom stereocenters. The summed E-state index contributed by atoms with van der Waals surface area (Å²) in [6.45, 7) is 6.78. The van der Waals surface area contributed by atoms with Crippen molar-refractivity contribution in [2.24, 2.45) is 0 Å². The number of rotatable bonds is 3. The predicted molar refractivity (Wildman–Crippen MR) is 94.5 cm³/mol. The summed E-state index contributed by atoms with van der Waals surface area (Å²) in [5.74, 6) is 1.13. The van der Waals surface area contributed by atoms with E-state index >= 15 is 0 Å². The van der Waals surface area contributed by atoms with Gasteiger partial charge in [-0.2, -0.15) is 0 Å². The van der Waals surface area contributed by atoms with Crippen LogP contribution in [0.3, 0.4) is 0 Å². The van der Waals surface area contributed by atoms with Crippen molar-refractivity contribution in [3.8, 4) is 0 Å². The molecule has 1 aromatic heterocycles. The maximum Gasteiger partial charge on any atom is 0.322 e. The molecule has 5 nitrogen and oxygen atoms in total. The molecule has 1 saturated heterocycles. The summed E-state index contributed by atoms with van der Waals surface area (Å²) in [6, 6.07) is 7.34. The molecule has 24 heavy (non-hydrogen) atoms. The Morgan fingerprint density at radius 3 is 2.88 bits per heavy atom. The number of likely N-dealkylation sites (tertiary alicyclic amines) is 1. The highest BCUT2D eigenvalue weighted by Gasteiger charge is 2.32. The summed E-state index contributed by atoms with van der Waals surface area (Å²) in [4.78, 5) is 14.5. The average molecular weight is 348 g/mol. The molecule has 1 fully saturated rings. The van der Waals surface area contributed by atoms with Gasteiger partial charge in [0.25, 0.3) is 0 Å². The Hall–Kier alpha value is -2.01. The Bertz CT molecular complexity index is 742. The third kappa shape index (κ3) is 3.41. The lowest BCUT2D eigenvalue weighted by Gasteiger charge is -2.23. The summed E-state index contributed by atoms with van der Waals surface area (Å²) in [5, 5.41) is 7.61. The van der Waals surface area contributed by atoms with E-state index in [4.69, 9.17) is 16.1 Å². The highest BCUT2D eigenvalue weighted by atomic mass is 35.5. The second-order valence-electron chi connectivity index (χ2n) is 6.57.